The van der Waals surface area contributed by atoms with Gasteiger partial charge in [0.1, 0.15) is 5.75 Å². The molecule has 0 aromatic heterocycles. The summed E-state index contributed by atoms with van der Waals surface area (Å²) < 4.78 is 17.8. The van der Waals surface area contributed by atoms with E-state index in [0.717, 1.165) is 0 Å². The second kappa shape index (κ2) is 4.60. The molecule has 0 spiro atoms. The summed E-state index contributed by atoms with van der Waals surface area (Å²) in [5, 5.41) is 8.94. The molecule has 1 N–H and O–H groups in total. The van der Waals surface area contributed by atoms with Crippen LogP contribution in [0.25, 0.3) is 0 Å². The number of phenols is 1. The zero-order chi connectivity index (χ0) is 10.6. The Balaban J connectivity index is 2.73. The van der Waals surface area contributed by atoms with Crippen molar-refractivity contribution in [3.63, 3.8) is 0 Å². The quantitative estimate of drug-likeness (QED) is 0.755. The highest BCUT2D eigenvalue weighted by Gasteiger charge is 2.20. The van der Waals surface area contributed by atoms with Gasteiger partial charge in [-0.25, -0.2) is 9.18 Å². The predicted molar refractivity (Wildman–Crippen MR) is 48.6 cm³/mol. The summed E-state index contributed by atoms with van der Waals surface area (Å²) >= 11 is 0. The van der Waals surface area contributed by atoms with Crippen LogP contribution in [0.4, 0.5) is 4.39 Å². The number of ether oxygens (including phenoxy) is 1. The van der Waals surface area contributed by atoms with Crippen molar-refractivity contribution in [2.75, 3.05) is 6.61 Å². The van der Waals surface area contributed by atoms with Gasteiger partial charge in [-0.05, 0) is 24.6 Å². The third-order valence-corrected chi connectivity index (χ3v) is 1.68. The standard InChI is InChI=1S/C10H11FO3/c1-2-14-10(13)9(11)7-3-5-8(12)6-4-7/h3-6,9,12H,2H2,1H3. The SMILES string of the molecule is CCOC(=O)C(F)c1ccc(O)cc1. The van der Waals surface area contributed by atoms with Crippen molar-refractivity contribution < 1.29 is 19.0 Å². The van der Waals surface area contributed by atoms with E-state index in [0.29, 0.717) is 0 Å². The number of aromatic hydroxyl groups is 1. The highest BCUT2D eigenvalue weighted by Crippen LogP contribution is 2.21. The van der Waals surface area contributed by atoms with Crippen LogP contribution in [0.5, 0.6) is 5.75 Å². The molecule has 0 aliphatic heterocycles. The number of esters is 1. The molecule has 0 bridgehead atoms. The highest BCUT2D eigenvalue weighted by molar-refractivity contribution is 5.76. The average molecular weight is 198 g/mol. The van der Waals surface area contributed by atoms with Crippen LogP contribution >= 0.6 is 0 Å². The third-order valence-electron chi connectivity index (χ3n) is 1.68. The minimum Gasteiger partial charge on any atom is -0.508 e. The molecule has 0 aliphatic rings. The molecule has 0 heterocycles. The number of halogens is 1. The number of alkyl halides is 1. The second-order valence-corrected chi connectivity index (χ2v) is 2.71. The van der Waals surface area contributed by atoms with E-state index in [1.54, 1.807) is 6.92 Å². The smallest absolute Gasteiger partial charge is 0.345 e. The lowest BCUT2D eigenvalue weighted by Gasteiger charge is -2.07. The van der Waals surface area contributed by atoms with Gasteiger partial charge in [0.2, 0.25) is 6.17 Å². The fourth-order valence-electron chi connectivity index (χ4n) is 0.995. The van der Waals surface area contributed by atoms with Gasteiger partial charge in [0.25, 0.3) is 0 Å². The predicted octanol–water partition coefficient (Wildman–Crippen LogP) is 1.97. The summed E-state index contributed by atoms with van der Waals surface area (Å²) in [6.45, 7) is 1.76. The van der Waals surface area contributed by atoms with E-state index in [9.17, 15) is 9.18 Å². The number of hydrogen-bond acceptors (Lipinski definition) is 3. The monoisotopic (exact) mass is 198 g/mol. The van der Waals surface area contributed by atoms with Gasteiger partial charge in [-0.2, -0.15) is 0 Å². The van der Waals surface area contributed by atoms with Gasteiger partial charge >= 0.3 is 5.97 Å². The zero-order valence-corrected chi connectivity index (χ0v) is 7.74. The summed E-state index contributed by atoms with van der Waals surface area (Å²) in [6.07, 6.45) is -1.78. The summed E-state index contributed by atoms with van der Waals surface area (Å²) in [6, 6.07) is 5.33. The van der Waals surface area contributed by atoms with Gasteiger partial charge in [0, 0.05) is 0 Å². The van der Waals surface area contributed by atoms with E-state index in [2.05, 4.69) is 4.74 Å². The Kier molecular flexibility index (Phi) is 3.45. The van der Waals surface area contributed by atoms with E-state index < -0.39 is 12.1 Å². The number of phenolic OH excluding ortho intramolecular Hbond substituents is 1. The molecule has 0 aliphatic carbocycles. The first-order valence-electron chi connectivity index (χ1n) is 4.24. The molecular weight excluding hydrogens is 187 g/mol. The molecule has 1 rings (SSSR count). The molecule has 0 amide bonds. The minimum absolute atomic E-state index is 0.0322. The molecule has 1 unspecified atom stereocenters. The first-order valence-corrected chi connectivity index (χ1v) is 4.24. The first-order chi connectivity index (χ1) is 6.65. The molecule has 1 atom stereocenters. The molecule has 0 saturated carbocycles. The maximum Gasteiger partial charge on any atom is 0.345 e. The van der Waals surface area contributed by atoms with Crippen molar-refractivity contribution >= 4 is 5.97 Å². The van der Waals surface area contributed by atoms with Gasteiger partial charge < -0.3 is 9.84 Å². The molecule has 0 fully saturated rings. The van der Waals surface area contributed by atoms with Crippen molar-refractivity contribution in [2.24, 2.45) is 0 Å². The van der Waals surface area contributed by atoms with Gasteiger partial charge in [0.05, 0.1) is 6.61 Å². The fraction of sp³-hybridized carbons (Fsp3) is 0.300. The Bertz CT molecular complexity index is 308. The summed E-state index contributed by atoms with van der Waals surface area (Å²) in [5.41, 5.74) is 0.182. The van der Waals surface area contributed by atoms with Crippen LogP contribution in [-0.4, -0.2) is 17.7 Å². The van der Waals surface area contributed by atoms with E-state index in [1.165, 1.54) is 24.3 Å². The fourth-order valence-corrected chi connectivity index (χ4v) is 0.995. The van der Waals surface area contributed by atoms with Crippen LogP contribution in [0, 0.1) is 0 Å². The lowest BCUT2D eigenvalue weighted by Crippen LogP contribution is -2.11. The lowest BCUT2D eigenvalue weighted by atomic mass is 10.1. The van der Waals surface area contributed by atoms with Crippen molar-refractivity contribution in [1.29, 1.82) is 0 Å². The largest absolute Gasteiger partial charge is 0.508 e. The number of rotatable bonds is 3. The van der Waals surface area contributed by atoms with E-state index in [1.807, 2.05) is 0 Å². The summed E-state index contributed by atoms with van der Waals surface area (Å²) in [5.74, 6) is -0.872. The first kappa shape index (κ1) is 10.5. The highest BCUT2D eigenvalue weighted by atomic mass is 19.1. The van der Waals surface area contributed by atoms with Gasteiger partial charge in [-0.3, -0.25) is 0 Å². The van der Waals surface area contributed by atoms with Crippen LogP contribution in [0.15, 0.2) is 24.3 Å². The normalized spacial score (nSPS) is 12.1. The van der Waals surface area contributed by atoms with Crippen molar-refractivity contribution in [3.05, 3.63) is 29.8 Å². The van der Waals surface area contributed by atoms with Crippen molar-refractivity contribution in [1.82, 2.24) is 0 Å². The molecule has 76 valence electrons. The van der Waals surface area contributed by atoms with Crippen molar-refractivity contribution in [3.8, 4) is 5.75 Å². The Morgan fingerprint density at radius 1 is 1.50 bits per heavy atom. The Labute approximate surface area is 81.1 Å². The van der Waals surface area contributed by atoms with Gasteiger partial charge in [-0.15, -0.1) is 0 Å². The molecular formula is C10H11FO3. The molecule has 0 radical (unpaired) electrons. The lowest BCUT2D eigenvalue weighted by molar-refractivity contribution is -0.149. The zero-order valence-electron chi connectivity index (χ0n) is 7.74. The van der Waals surface area contributed by atoms with Crippen LogP contribution < -0.4 is 0 Å². The topological polar surface area (TPSA) is 46.5 Å². The van der Waals surface area contributed by atoms with E-state index in [-0.39, 0.29) is 17.9 Å². The Morgan fingerprint density at radius 3 is 2.57 bits per heavy atom. The molecule has 1 aromatic carbocycles. The maximum atomic E-state index is 13.3. The summed E-state index contributed by atoms with van der Waals surface area (Å²) in [4.78, 5) is 11.0. The number of carbonyl (C=O) groups is 1. The van der Waals surface area contributed by atoms with Gasteiger partial charge in [0.15, 0.2) is 0 Å². The third kappa shape index (κ3) is 2.45. The minimum atomic E-state index is -1.78. The summed E-state index contributed by atoms with van der Waals surface area (Å²) in [7, 11) is 0. The van der Waals surface area contributed by atoms with Crippen molar-refractivity contribution in [2.45, 2.75) is 13.1 Å². The molecule has 4 heteroatoms. The second-order valence-electron chi connectivity index (χ2n) is 2.71. The van der Waals surface area contributed by atoms with Crippen LogP contribution in [0.2, 0.25) is 0 Å². The number of hydrogen-bond donors (Lipinski definition) is 1. The van der Waals surface area contributed by atoms with Crippen LogP contribution in [0.3, 0.4) is 0 Å². The number of benzene rings is 1. The van der Waals surface area contributed by atoms with Crippen LogP contribution in [0.1, 0.15) is 18.7 Å². The molecule has 1 aromatic rings. The number of carbonyl (C=O) groups excluding carboxylic acids is 1. The van der Waals surface area contributed by atoms with Crippen LogP contribution in [-0.2, 0) is 9.53 Å². The van der Waals surface area contributed by atoms with E-state index in [4.69, 9.17) is 5.11 Å². The molecule has 3 nitrogen and oxygen atoms in total. The maximum absolute atomic E-state index is 13.3. The average Bonchev–Trinajstić information content (AvgIpc) is 2.18. The van der Waals surface area contributed by atoms with E-state index >= 15 is 0 Å². The molecule has 0 saturated heterocycles. The Morgan fingerprint density at radius 2 is 2.07 bits per heavy atom. The Hall–Kier alpha value is -1.58. The van der Waals surface area contributed by atoms with Gasteiger partial charge in [-0.1, -0.05) is 12.1 Å². The molecule has 14 heavy (non-hydrogen) atoms.